The highest BCUT2D eigenvalue weighted by atomic mass is 16.1. The predicted molar refractivity (Wildman–Crippen MR) is 116 cm³/mol. The van der Waals surface area contributed by atoms with Crippen LogP contribution in [-0.4, -0.2) is 5.78 Å². The van der Waals surface area contributed by atoms with Crippen LogP contribution in [0, 0.1) is 0 Å². The maximum Gasteiger partial charge on any atom is 0.189 e. The van der Waals surface area contributed by atoms with Crippen LogP contribution in [0.5, 0.6) is 0 Å². The van der Waals surface area contributed by atoms with Gasteiger partial charge in [-0.25, -0.2) is 0 Å². The molecule has 0 fully saturated rings. The van der Waals surface area contributed by atoms with Crippen LogP contribution in [0.1, 0.15) is 30.5 Å². The summed E-state index contributed by atoms with van der Waals surface area (Å²) in [6.07, 6.45) is 2.07. The molecule has 0 N–H and O–H groups in total. The third-order valence-corrected chi connectivity index (χ3v) is 5.84. The number of rotatable bonds is 2. The Balaban J connectivity index is 1.88. The van der Waals surface area contributed by atoms with Crippen LogP contribution >= 0.6 is 0 Å². The zero-order valence-corrected chi connectivity index (χ0v) is 16.0. The first-order chi connectivity index (χ1) is 13.7. The molecular formula is C27H20O. The second kappa shape index (κ2) is 6.31. The number of hydrogen-bond donors (Lipinski definition) is 0. The molecule has 3 aromatic rings. The molecule has 1 nitrogen and oxygen atoms in total. The van der Waals surface area contributed by atoms with Gasteiger partial charge in [-0.3, -0.25) is 4.79 Å². The Morgan fingerprint density at radius 3 is 1.93 bits per heavy atom. The van der Waals surface area contributed by atoms with Gasteiger partial charge in [-0.15, -0.1) is 0 Å². The minimum Gasteiger partial charge on any atom is -0.289 e. The van der Waals surface area contributed by atoms with Gasteiger partial charge in [-0.2, -0.15) is 0 Å². The van der Waals surface area contributed by atoms with Gasteiger partial charge in [0.25, 0.3) is 0 Å². The number of ketones is 1. The van der Waals surface area contributed by atoms with Gasteiger partial charge < -0.3 is 0 Å². The standard InChI is InChI=1S/C27H20O/c1-17-18(2)27(28)23-16-21-14-9-15-22(19-10-5-3-6-11-19)25(21)26(23)24(17)20-12-7-4-8-13-20/h3-16H,1-2H3. The first kappa shape index (κ1) is 16.7. The van der Waals surface area contributed by atoms with E-state index in [1.807, 2.05) is 19.1 Å². The summed E-state index contributed by atoms with van der Waals surface area (Å²) in [5.41, 5.74) is 10.8. The molecular weight excluding hydrogens is 340 g/mol. The molecule has 0 radical (unpaired) electrons. The fourth-order valence-corrected chi connectivity index (χ4v) is 4.34. The first-order valence-electron chi connectivity index (χ1n) is 9.60. The number of hydrogen-bond acceptors (Lipinski definition) is 1. The lowest BCUT2D eigenvalue weighted by molar-refractivity contribution is -0.111. The molecule has 3 aromatic carbocycles. The number of carbonyl (C=O) groups excluding carboxylic acids is 1. The minimum atomic E-state index is 0.141. The van der Waals surface area contributed by atoms with Crippen molar-refractivity contribution >= 4 is 23.0 Å². The van der Waals surface area contributed by atoms with Gasteiger partial charge in [0.1, 0.15) is 0 Å². The Morgan fingerprint density at radius 2 is 1.25 bits per heavy atom. The fourth-order valence-electron chi connectivity index (χ4n) is 4.34. The van der Waals surface area contributed by atoms with Crippen molar-refractivity contribution in [3.05, 3.63) is 112 Å². The lowest BCUT2D eigenvalue weighted by Crippen LogP contribution is -2.13. The summed E-state index contributed by atoms with van der Waals surface area (Å²) in [4.78, 5) is 13.2. The van der Waals surface area contributed by atoms with E-state index < -0.39 is 0 Å². The van der Waals surface area contributed by atoms with E-state index in [1.54, 1.807) is 0 Å². The summed E-state index contributed by atoms with van der Waals surface area (Å²) in [6, 6.07) is 27.2. The van der Waals surface area contributed by atoms with E-state index in [-0.39, 0.29) is 5.78 Å². The van der Waals surface area contributed by atoms with E-state index in [9.17, 15) is 4.79 Å². The first-order valence-corrected chi connectivity index (χ1v) is 9.60. The quantitative estimate of drug-likeness (QED) is 0.504. The molecule has 0 heterocycles. The van der Waals surface area contributed by atoms with Gasteiger partial charge in [-0.1, -0.05) is 78.9 Å². The Hall–Kier alpha value is -3.45. The van der Waals surface area contributed by atoms with Crippen molar-refractivity contribution in [1.82, 2.24) is 0 Å². The highest BCUT2D eigenvalue weighted by molar-refractivity contribution is 6.33. The molecule has 5 rings (SSSR count). The molecule has 28 heavy (non-hydrogen) atoms. The van der Waals surface area contributed by atoms with Crippen molar-refractivity contribution in [2.45, 2.75) is 13.8 Å². The van der Waals surface area contributed by atoms with Gasteiger partial charge in [0, 0.05) is 16.7 Å². The maximum absolute atomic E-state index is 13.2. The summed E-state index contributed by atoms with van der Waals surface area (Å²) in [6.45, 7) is 4.02. The summed E-state index contributed by atoms with van der Waals surface area (Å²) in [5, 5.41) is 0. The van der Waals surface area contributed by atoms with Crippen molar-refractivity contribution in [3.8, 4) is 11.1 Å². The Labute approximate surface area is 165 Å². The average molecular weight is 360 g/mol. The smallest absolute Gasteiger partial charge is 0.189 e. The molecule has 2 aliphatic carbocycles. The van der Waals surface area contributed by atoms with Crippen LogP contribution < -0.4 is 0 Å². The van der Waals surface area contributed by atoms with Crippen molar-refractivity contribution in [2.75, 3.05) is 0 Å². The molecule has 0 aromatic heterocycles. The molecule has 0 unspecified atom stereocenters. The summed E-state index contributed by atoms with van der Waals surface area (Å²) >= 11 is 0. The summed E-state index contributed by atoms with van der Waals surface area (Å²) in [7, 11) is 0. The number of Topliss-reactive ketones (excluding diaryl/α,β-unsaturated/α-hetero) is 1. The van der Waals surface area contributed by atoms with E-state index in [2.05, 4.69) is 79.7 Å². The average Bonchev–Trinajstić information content (AvgIpc) is 3.13. The topological polar surface area (TPSA) is 17.1 Å². The Bertz CT molecular complexity index is 1210. The zero-order chi connectivity index (χ0) is 19.3. The molecule has 0 saturated heterocycles. The van der Waals surface area contributed by atoms with Gasteiger partial charge in [0.15, 0.2) is 5.78 Å². The monoisotopic (exact) mass is 360 g/mol. The molecule has 0 aliphatic heterocycles. The highest BCUT2D eigenvalue weighted by Crippen LogP contribution is 2.50. The molecule has 134 valence electrons. The Morgan fingerprint density at radius 1 is 0.607 bits per heavy atom. The van der Waals surface area contributed by atoms with Crippen LogP contribution in [0.25, 0.3) is 28.3 Å². The van der Waals surface area contributed by atoms with Crippen molar-refractivity contribution in [2.24, 2.45) is 0 Å². The molecule has 2 aliphatic rings. The zero-order valence-electron chi connectivity index (χ0n) is 16.0. The predicted octanol–water partition coefficient (Wildman–Crippen LogP) is 6.58. The second-order valence-electron chi connectivity index (χ2n) is 7.39. The maximum atomic E-state index is 13.2. The minimum absolute atomic E-state index is 0.141. The highest BCUT2D eigenvalue weighted by Gasteiger charge is 2.34. The van der Waals surface area contributed by atoms with E-state index in [4.69, 9.17) is 0 Å². The third kappa shape index (κ3) is 2.36. The van der Waals surface area contributed by atoms with Crippen LogP contribution in [0.4, 0.5) is 0 Å². The number of fused-ring (bicyclic) bond motifs is 3. The SMILES string of the molecule is CC1=C(C)C(c2ccccc2)=C2C(=Cc3cccc(-c4ccccc4)c32)C1=O. The van der Waals surface area contributed by atoms with Crippen LogP contribution in [0.2, 0.25) is 0 Å². The molecule has 0 spiro atoms. The van der Waals surface area contributed by atoms with Crippen LogP contribution in [-0.2, 0) is 4.79 Å². The van der Waals surface area contributed by atoms with Crippen molar-refractivity contribution in [1.29, 1.82) is 0 Å². The van der Waals surface area contributed by atoms with E-state index in [0.717, 1.165) is 33.4 Å². The summed E-state index contributed by atoms with van der Waals surface area (Å²) < 4.78 is 0. The van der Waals surface area contributed by atoms with Gasteiger partial charge in [0.2, 0.25) is 0 Å². The molecule has 0 atom stereocenters. The lowest BCUT2D eigenvalue weighted by Gasteiger charge is -2.24. The van der Waals surface area contributed by atoms with E-state index in [0.29, 0.717) is 0 Å². The number of benzene rings is 3. The molecule has 1 heteroatoms. The van der Waals surface area contributed by atoms with Crippen molar-refractivity contribution in [3.63, 3.8) is 0 Å². The number of carbonyl (C=O) groups is 1. The van der Waals surface area contributed by atoms with Gasteiger partial charge >= 0.3 is 0 Å². The van der Waals surface area contributed by atoms with Gasteiger partial charge in [-0.05, 0) is 58.9 Å². The third-order valence-electron chi connectivity index (χ3n) is 5.84. The summed E-state index contributed by atoms with van der Waals surface area (Å²) in [5.74, 6) is 0.141. The second-order valence-corrected chi connectivity index (χ2v) is 7.39. The van der Waals surface area contributed by atoms with E-state index in [1.165, 1.54) is 22.3 Å². The molecule has 0 amide bonds. The van der Waals surface area contributed by atoms with Crippen LogP contribution in [0.3, 0.4) is 0 Å². The lowest BCUT2D eigenvalue weighted by atomic mass is 9.78. The van der Waals surface area contributed by atoms with Crippen LogP contribution in [0.15, 0.2) is 95.6 Å². The van der Waals surface area contributed by atoms with E-state index >= 15 is 0 Å². The fraction of sp³-hybridized carbons (Fsp3) is 0.0741. The Kier molecular flexibility index (Phi) is 3.77. The van der Waals surface area contributed by atoms with Gasteiger partial charge in [0.05, 0.1) is 0 Å². The molecule has 0 saturated carbocycles. The molecule has 0 bridgehead atoms. The normalized spacial score (nSPS) is 15.5. The van der Waals surface area contributed by atoms with Crippen molar-refractivity contribution < 1.29 is 4.79 Å². The number of allylic oxidation sites excluding steroid dienone is 5. The largest absolute Gasteiger partial charge is 0.289 e.